The van der Waals surface area contributed by atoms with Crippen LogP contribution in [0.15, 0.2) is 36.9 Å². The minimum absolute atomic E-state index is 0.255. The summed E-state index contributed by atoms with van der Waals surface area (Å²) in [6, 6.07) is 9.45. The van der Waals surface area contributed by atoms with Crippen molar-refractivity contribution < 1.29 is 14.3 Å². The van der Waals surface area contributed by atoms with Crippen LogP contribution in [0.25, 0.3) is 0 Å². The van der Waals surface area contributed by atoms with E-state index in [0.717, 1.165) is 6.08 Å². The predicted molar refractivity (Wildman–Crippen MR) is 51.0 cm³/mol. The van der Waals surface area contributed by atoms with Gasteiger partial charge in [-0.3, -0.25) is 9.59 Å². The van der Waals surface area contributed by atoms with Gasteiger partial charge in [0.2, 0.25) is 11.6 Å². The highest BCUT2D eigenvalue weighted by molar-refractivity contribution is 6.42. The van der Waals surface area contributed by atoms with Gasteiger partial charge in [-0.05, 0) is 24.3 Å². The van der Waals surface area contributed by atoms with Crippen LogP contribution >= 0.6 is 0 Å². The summed E-state index contributed by atoms with van der Waals surface area (Å²) in [4.78, 5) is 21.8. The molecule has 0 aliphatic rings. The largest absolute Gasteiger partial charge is 0.485 e. The Bertz CT molecular complexity index is 341. The van der Waals surface area contributed by atoms with Crippen molar-refractivity contribution in [2.24, 2.45) is 0 Å². The van der Waals surface area contributed by atoms with E-state index < -0.39 is 11.6 Å². The summed E-state index contributed by atoms with van der Waals surface area (Å²) in [5.41, 5.74) is 0. The number of rotatable bonds is 5. The van der Waals surface area contributed by atoms with E-state index >= 15 is 0 Å². The van der Waals surface area contributed by atoms with Gasteiger partial charge in [0, 0.05) is 0 Å². The molecule has 71 valence electrons. The fourth-order valence-corrected chi connectivity index (χ4v) is 0.802. The molecule has 14 heavy (non-hydrogen) atoms. The molecule has 3 nitrogen and oxygen atoms in total. The molecule has 0 atom stereocenters. The molecule has 1 rings (SSSR count). The number of hydrogen-bond acceptors (Lipinski definition) is 3. The zero-order valence-corrected chi connectivity index (χ0v) is 7.53. The van der Waals surface area contributed by atoms with Crippen molar-refractivity contribution >= 4 is 11.6 Å². The van der Waals surface area contributed by atoms with E-state index in [0.29, 0.717) is 5.75 Å². The van der Waals surface area contributed by atoms with Gasteiger partial charge in [-0.15, -0.1) is 0 Å². The first-order chi connectivity index (χ1) is 6.74. The average Bonchev–Trinajstić information content (AvgIpc) is 2.26. The van der Waals surface area contributed by atoms with Crippen molar-refractivity contribution in [1.82, 2.24) is 0 Å². The SMILES string of the molecule is C=CC(=O)C(=O)COc1cc[c]cc1. The molecule has 0 aliphatic carbocycles. The summed E-state index contributed by atoms with van der Waals surface area (Å²) in [6.45, 7) is 2.95. The van der Waals surface area contributed by atoms with E-state index in [1.165, 1.54) is 0 Å². The van der Waals surface area contributed by atoms with Gasteiger partial charge < -0.3 is 4.74 Å². The number of ketones is 2. The smallest absolute Gasteiger partial charge is 0.239 e. The van der Waals surface area contributed by atoms with Crippen LogP contribution in [0.5, 0.6) is 5.75 Å². The summed E-state index contributed by atoms with van der Waals surface area (Å²) in [6.07, 6.45) is 0.977. The fourth-order valence-electron chi connectivity index (χ4n) is 0.802. The summed E-state index contributed by atoms with van der Waals surface area (Å²) in [7, 11) is 0. The molecule has 0 unspecified atom stereocenters. The van der Waals surface area contributed by atoms with E-state index in [1.807, 2.05) is 0 Å². The van der Waals surface area contributed by atoms with E-state index in [1.54, 1.807) is 24.3 Å². The lowest BCUT2D eigenvalue weighted by Crippen LogP contribution is -2.19. The van der Waals surface area contributed by atoms with Gasteiger partial charge in [0.25, 0.3) is 0 Å². The number of allylic oxidation sites excluding steroid dienone is 1. The molecule has 0 amide bonds. The maximum atomic E-state index is 11.0. The molecule has 0 fully saturated rings. The van der Waals surface area contributed by atoms with Crippen LogP contribution < -0.4 is 4.74 Å². The van der Waals surface area contributed by atoms with Crippen LogP contribution in [0.4, 0.5) is 0 Å². The van der Waals surface area contributed by atoms with Crippen molar-refractivity contribution in [1.29, 1.82) is 0 Å². The summed E-state index contributed by atoms with van der Waals surface area (Å²) >= 11 is 0. The van der Waals surface area contributed by atoms with Crippen LogP contribution in [-0.2, 0) is 9.59 Å². The molecule has 1 aromatic carbocycles. The summed E-state index contributed by atoms with van der Waals surface area (Å²) < 4.78 is 5.05. The maximum absolute atomic E-state index is 11.0. The second kappa shape index (κ2) is 4.97. The maximum Gasteiger partial charge on any atom is 0.239 e. The van der Waals surface area contributed by atoms with Crippen molar-refractivity contribution in [3.63, 3.8) is 0 Å². The van der Waals surface area contributed by atoms with Crippen LogP contribution in [0.3, 0.4) is 0 Å². The minimum atomic E-state index is -0.632. The normalized spacial score (nSPS) is 9.14. The highest BCUT2D eigenvalue weighted by Gasteiger charge is 2.09. The third-order valence-electron chi connectivity index (χ3n) is 1.52. The fraction of sp³-hybridized carbons (Fsp3) is 0.0909. The van der Waals surface area contributed by atoms with Gasteiger partial charge in [0.05, 0.1) is 0 Å². The third kappa shape index (κ3) is 2.86. The number of carbonyl (C=O) groups is 2. The number of benzene rings is 1. The Hall–Kier alpha value is -1.90. The molecule has 3 heteroatoms. The molecule has 1 aromatic rings. The first kappa shape index (κ1) is 10.2. The molecular weight excluding hydrogens is 180 g/mol. The molecule has 0 spiro atoms. The van der Waals surface area contributed by atoms with E-state index in [2.05, 4.69) is 12.6 Å². The Morgan fingerprint density at radius 1 is 1.43 bits per heavy atom. The Balaban J connectivity index is 2.46. The second-order valence-corrected chi connectivity index (χ2v) is 2.52. The Kier molecular flexibility index (Phi) is 3.61. The van der Waals surface area contributed by atoms with Gasteiger partial charge >= 0.3 is 0 Å². The number of Topliss-reactive ketones (excluding diaryl/α,β-unsaturated/α-hetero) is 1. The molecule has 1 radical (unpaired) electrons. The van der Waals surface area contributed by atoms with Crippen molar-refractivity contribution in [2.45, 2.75) is 0 Å². The Morgan fingerprint density at radius 3 is 2.64 bits per heavy atom. The standard InChI is InChI=1S/C11H9O3/c1-2-10(12)11(13)8-14-9-6-4-3-5-7-9/h2,4-7H,1,8H2. The van der Waals surface area contributed by atoms with Gasteiger partial charge in [-0.1, -0.05) is 18.7 Å². The van der Waals surface area contributed by atoms with E-state index in [4.69, 9.17) is 4.74 Å². The van der Waals surface area contributed by atoms with Crippen molar-refractivity contribution in [3.05, 3.63) is 43.0 Å². The first-order valence-electron chi connectivity index (χ1n) is 4.02. The average molecular weight is 189 g/mol. The highest BCUT2D eigenvalue weighted by atomic mass is 16.5. The zero-order chi connectivity index (χ0) is 10.4. The van der Waals surface area contributed by atoms with E-state index in [9.17, 15) is 9.59 Å². The minimum Gasteiger partial charge on any atom is -0.485 e. The quantitative estimate of drug-likeness (QED) is 0.516. The van der Waals surface area contributed by atoms with Crippen molar-refractivity contribution in [3.8, 4) is 5.75 Å². The first-order valence-corrected chi connectivity index (χ1v) is 4.02. The van der Waals surface area contributed by atoms with Crippen LogP contribution in [0.1, 0.15) is 0 Å². The molecule has 0 aliphatic heterocycles. The second-order valence-electron chi connectivity index (χ2n) is 2.52. The van der Waals surface area contributed by atoms with Gasteiger partial charge in [0.1, 0.15) is 5.75 Å². The molecule has 0 saturated carbocycles. The molecule has 0 heterocycles. The number of hydrogen-bond donors (Lipinski definition) is 0. The topological polar surface area (TPSA) is 43.4 Å². The van der Waals surface area contributed by atoms with Crippen molar-refractivity contribution in [2.75, 3.05) is 6.61 Å². The van der Waals surface area contributed by atoms with Gasteiger partial charge in [-0.25, -0.2) is 0 Å². The molecule has 0 aromatic heterocycles. The number of carbonyl (C=O) groups excluding carboxylic acids is 2. The number of ether oxygens (including phenoxy) is 1. The Morgan fingerprint density at radius 2 is 2.07 bits per heavy atom. The lowest BCUT2D eigenvalue weighted by Gasteiger charge is -2.02. The third-order valence-corrected chi connectivity index (χ3v) is 1.52. The molecular formula is C11H9O3. The highest BCUT2D eigenvalue weighted by Crippen LogP contribution is 2.07. The summed E-state index contributed by atoms with van der Waals surface area (Å²) in [5, 5.41) is 0. The van der Waals surface area contributed by atoms with Crippen LogP contribution in [0, 0.1) is 6.07 Å². The molecule has 0 N–H and O–H groups in total. The lowest BCUT2D eigenvalue weighted by molar-refractivity contribution is -0.135. The summed E-state index contributed by atoms with van der Waals surface area (Å²) in [5.74, 6) is -0.700. The Labute approximate surface area is 82.0 Å². The van der Waals surface area contributed by atoms with Gasteiger partial charge in [-0.2, -0.15) is 0 Å². The lowest BCUT2D eigenvalue weighted by atomic mass is 10.3. The molecule has 0 saturated heterocycles. The zero-order valence-electron chi connectivity index (χ0n) is 7.53. The van der Waals surface area contributed by atoms with E-state index in [-0.39, 0.29) is 6.61 Å². The monoisotopic (exact) mass is 189 g/mol. The molecule has 0 bridgehead atoms. The predicted octanol–water partition coefficient (Wildman–Crippen LogP) is 1.19. The van der Waals surface area contributed by atoms with Crippen LogP contribution in [0.2, 0.25) is 0 Å². The van der Waals surface area contributed by atoms with Crippen LogP contribution in [-0.4, -0.2) is 18.2 Å². The van der Waals surface area contributed by atoms with Gasteiger partial charge in [0.15, 0.2) is 6.61 Å².